The van der Waals surface area contributed by atoms with Crippen LogP contribution in [0.25, 0.3) is 0 Å². The van der Waals surface area contributed by atoms with E-state index >= 15 is 0 Å². The molecule has 0 radical (unpaired) electrons. The summed E-state index contributed by atoms with van der Waals surface area (Å²) in [6, 6.07) is 3.83. The van der Waals surface area contributed by atoms with Crippen molar-refractivity contribution in [2.45, 2.75) is 32.1 Å². The lowest BCUT2D eigenvalue weighted by molar-refractivity contribution is -0.137. The highest BCUT2D eigenvalue weighted by Crippen LogP contribution is 2.22. The van der Waals surface area contributed by atoms with Crippen LogP contribution in [-0.4, -0.2) is 24.2 Å². The summed E-state index contributed by atoms with van der Waals surface area (Å²) in [5.74, 6) is 0.874. The molecule has 2 rings (SSSR count). The first-order valence-corrected chi connectivity index (χ1v) is 5.81. The average molecular weight is 223 g/mol. The molecule has 0 bridgehead atoms. The number of carbonyl (C=O) groups is 1. The summed E-state index contributed by atoms with van der Waals surface area (Å²) in [6.45, 7) is 2.10. The molecule has 1 saturated heterocycles. The highest BCUT2D eigenvalue weighted by molar-refractivity contribution is 5.66. The van der Waals surface area contributed by atoms with Crippen LogP contribution in [0.1, 0.15) is 31.4 Å². The molecule has 0 spiro atoms. The molecule has 1 aliphatic heterocycles. The van der Waals surface area contributed by atoms with Gasteiger partial charge in [0.05, 0.1) is 6.42 Å². The molecule has 4 nitrogen and oxygen atoms in total. The second-order valence-corrected chi connectivity index (χ2v) is 4.18. The van der Waals surface area contributed by atoms with E-state index in [1.165, 1.54) is 19.3 Å². The molecule has 0 atom stereocenters. The number of piperidine rings is 1. The summed E-state index contributed by atoms with van der Waals surface area (Å²) >= 11 is 0. The van der Waals surface area contributed by atoms with Gasteiger partial charge in [-0.1, -0.05) is 0 Å². The number of aliphatic carboxylic acids is 1. The standard InChI is InChI=1S/C12H17NO3/c14-12(15)7-5-10-4-6-11(16-10)13-8-2-1-3-9-13/h4,6H,1-3,5,7-9H2,(H,14,15). The summed E-state index contributed by atoms with van der Waals surface area (Å²) in [5, 5.41) is 8.58. The molecule has 4 heteroatoms. The van der Waals surface area contributed by atoms with Gasteiger partial charge in [0.2, 0.25) is 0 Å². The van der Waals surface area contributed by atoms with Crippen molar-refractivity contribution >= 4 is 11.9 Å². The third-order valence-electron chi connectivity index (χ3n) is 2.90. The third-order valence-corrected chi connectivity index (χ3v) is 2.90. The maximum absolute atomic E-state index is 10.4. The number of nitrogens with zero attached hydrogens (tertiary/aromatic N) is 1. The Balaban J connectivity index is 1.93. The maximum atomic E-state index is 10.4. The van der Waals surface area contributed by atoms with Crippen molar-refractivity contribution < 1.29 is 14.3 Å². The van der Waals surface area contributed by atoms with Gasteiger partial charge in [0.15, 0.2) is 5.88 Å². The van der Waals surface area contributed by atoms with Crippen molar-refractivity contribution in [1.82, 2.24) is 0 Å². The van der Waals surface area contributed by atoms with Crippen LogP contribution in [0.15, 0.2) is 16.5 Å². The molecule has 0 aromatic carbocycles. The number of rotatable bonds is 4. The van der Waals surface area contributed by atoms with Crippen LogP contribution in [0, 0.1) is 0 Å². The monoisotopic (exact) mass is 223 g/mol. The minimum atomic E-state index is -0.782. The molecule has 1 aromatic heterocycles. The average Bonchev–Trinajstić information content (AvgIpc) is 2.76. The van der Waals surface area contributed by atoms with Crippen LogP contribution in [-0.2, 0) is 11.2 Å². The third kappa shape index (κ3) is 2.78. The van der Waals surface area contributed by atoms with Crippen molar-refractivity contribution in [3.05, 3.63) is 17.9 Å². The van der Waals surface area contributed by atoms with Gasteiger partial charge in [-0.05, 0) is 25.3 Å². The number of aryl methyl sites for hydroxylation is 1. The molecule has 0 saturated carbocycles. The van der Waals surface area contributed by atoms with E-state index in [9.17, 15) is 4.79 Å². The minimum absolute atomic E-state index is 0.132. The molecule has 0 amide bonds. The lowest BCUT2D eigenvalue weighted by atomic mass is 10.1. The van der Waals surface area contributed by atoms with E-state index in [-0.39, 0.29) is 6.42 Å². The van der Waals surface area contributed by atoms with Crippen LogP contribution in [0.3, 0.4) is 0 Å². The zero-order chi connectivity index (χ0) is 11.4. The van der Waals surface area contributed by atoms with Crippen molar-refractivity contribution in [1.29, 1.82) is 0 Å². The molecule has 16 heavy (non-hydrogen) atoms. The first kappa shape index (κ1) is 11.0. The van der Waals surface area contributed by atoms with Crippen molar-refractivity contribution in [3.63, 3.8) is 0 Å². The molecule has 0 aliphatic carbocycles. The summed E-state index contributed by atoms with van der Waals surface area (Å²) < 4.78 is 5.64. The van der Waals surface area contributed by atoms with Crippen LogP contribution in [0.2, 0.25) is 0 Å². The van der Waals surface area contributed by atoms with Gasteiger partial charge in [-0.2, -0.15) is 0 Å². The molecule has 2 heterocycles. The van der Waals surface area contributed by atoms with E-state index in [1.807, 2.05) is 12.1 Å². The Bertz CT molecular complexity index is 353. The van der Waals surface area contributed by atoms with Gasteiger partial charge in [-0.3, -0.25) is 4.79 Å². The van der Waals surface area contributed by atoms with Gasteiger partial charge in [-0.25, -0.2) is 0 Å². The molecule has 0 unspecified atom stereocenters. The zero-order valence-corrected chi connectivity index (χ0v) is 9.32. The molecule has 1 fully saturated rings. The second kappa shape index (κ2) is 5.05. The predicted molar refractivity (Wildman–Crippen MR) is 60.7 cm³/mol. The number of carboxylic acids is 1. The Labute approximate surface area is 94.9 Å². The quantitative estimate of drug-likeness (QED) is 0.850. The highest BCUT2D eigenvalue weighted by Gasteiger charge is 2.14. The SMILES string of the molecule is O=C(O)CCc1ccc(N2CCCCC2)o1. The summed E-state index contributed by atoms with van der Waals surface area (Å²) in [4.78, 5) is 12.7. The van der Waals surface area contributed by atoms with Crippen molar-refractivity contribution in [3.8, 4) is 0 Å². The zero-order valence-electron chi connectivity index (χ0n) is 9.32. The van der Waals surface area contributed by atoms with Gasteiger partial charge < -0.3 is 14.4 Å². The summed E-state index contributed by atoms with van der Waals surface area (Å²) in [5.41, 5.74) is 0. The van der Waals surface area contributed by atoms with Crippen LogP contribution in [0.4, 0.5) is 5.88 Å². The first-order chi connectivity index (χ1) is 7.75. The Morgan fingerprint density at radius 1 is 1.31 bits per heavy atom. The first-order valence-electron chi connectivity index (χ1n) is 5.81. The number of hydrogen-bond acceptors (Lipinski definition) is 3. The molecular formula is C12H17NO3. The summed E-state index contributed by atoms with van der Waals surface area (Å²) in [7, 11) is 0. The van der Waals surface area contributed by atoms with Crippen LogP contribution < -0.4 is 4.90 Å². The van der Waals surface area contributed by atoms with E-state index in [0.717, 1.165) is 24.7 Å². The smallest absolute Gasteiger partial charge is 0.303 e. The maximum Gasteiger partial charge on any atom is 0.303 e. The van der Waals surface area contributed by atoms with E-state index in [2.05, 4.69) is 4.90 Å². The number of furan rings is 1. The Morgan fingerprint density at radius 3 is 2.75 bits per heavy atom. The van der Waals surface area contributed by atoms with Gasteiger partial charge in [0.25, 0.3) is 0 Å². The Morgan fingerprint density at radius 2 is 2.06 bits per heavy atom. The van der Waals surface area contributed by atoms with Gasteiger partial charge >= 0.3 is 5.97 Å². The topological polar surface area (TPSA) is 53.7 Å². The Hall–Kier alpha value is -1.45. The molecule has 1 N–H and O–H groups in total. The van der Waals surface area contributed by atoms with Crippen molar-refractivity contribution in [2.24, 2.45) is 0 Å². The lowest BCUT2D eigenvalue weighted by Crippen LogP contribution is -2.28. The fourth-order valence-corrected chi connectivity index (χ4v) is 2.02. The normalized spacial score (nSPS) is 16.4. The van der Waals surface area contributed by atoms with E-state index in [0.29, 0.717) is 6.42 Å². The van der Waals surface area contributed by atoms with Crippen LogP contribution in [0.5, 0.6) is 0 Å². The van der Waals surface area contributed by atoms with Crippen LogP contribution >= 0.6 is 0 Å². The number of hydrogen-bond donors (Lipinski definition) is 1. The van der Waals surface area contributed by atoms with Gasteiger partial charge in [-0.15, -0.1) is 0 Å². The molecular weight excluding hydrogens is 206 g/mol. The number of carboxylic acid groups (broad SMARTS) is 1. The minimum Gasteiger partial charge on any atom is -0.481 e. The van der Waals surface area contributed by atoms with Gasteiger partial charge in [0, 0.05) is 25.6 Å². The van der Waals surface area contributed by atoms with Crippen molar-refractivity contribution in [2.75, 3.05) is 18.0 Å². The van der Waals surface area contributed by atoms with Gasteiger partial charge in [0.1, 0.15) is 5.76 Å². The highest BCUT2D eigenvalue weighted by atomic mass is 16.4. The molecule has 1 aliphatic rings. The van der Waals surface area contributed by atoms with E-state index in [1.54, 1.807) is 0 Å². The predicted octanol–water partition coefficient (Wildman–Crippen LogP) is 2.29. The fourth-order valence-electron chi connectivity index (χ4n) is 2.02. The second-order valence-electron chi connectivity index (χ2n) is 4.18. The van der Waals surface area contributed by atoms with E-state index < -0.39 is 5.97 Å². The largest absolute Gasteiger partial charge is 0.481 e. The fraction of sp³-hybridized carbons (Fsp3) is 0.583. The summed E-state index contributed by atoms with van der Waals surface area (Å²) in [6.07, 6.45) is 4.33. The molecule has 88 valence electrons. The molecule has 1 aromatic rings. The Kier molecular flexibility index (Phi) is 3.49. The van der Waals surface area contributed by atoms with E-state index in [4.69, 9.17) is 9.52 Å². The lowest BCUT2D eigenvalue weighted by Gasteiger charge is -2.25. The number of anilines is 1.